The molecule has 0 aliphatic heterocycles. The molecular weight excluding hydrogens is 246 g/mol. The Morgan fingerprint density at radius 2 is 2.21 bits per heavy atom. The number of benzene rings is 1. The first-order valence-electron chi connectivity index (χ1n) is 6.14. The molecule has 0 N–H and O–H groups in total. The van der Waals surface area contributed by atoms with E-state index in [1.54, 1.807) is 6.20 Å². The normalized spacial score (nSPS) is 11.0. The Hall–Kier alpha value is -2.37. The molecule has 0 unspecified atom stereocenters. The van der Waals surface area contributed by atoms with Gasteiger partial charge >= 0.3 is 0 Å². The predicted molar refractivity (Wildman–Crippen MR) is 66.6 cm³/mol. The van der Waals surface area contributed by atoms with Crippen LogP contribution in [0.1, 0.15) is 25.1 Å². The fourth-order valence-electron chi connectivity index (χ4n) is 1.80. The van der Waals surface area contributed by atoms with Gasteiger partial charge in [-0.15, -0.1) is 0 Å². The quantitative estimate of drug-likeness (QED) is 0.701. The molecule has 0 atom stereocenters. The molecule has 0 saturated heterocycles. The lowest BCUT2D eigenvalue weighted by Gasteiger charge is -2.02. The second-order valence-corrected chi connectivity index (χ2v) is 4.14. The molecule has 0 saturated carbocycles. The highest BCUT2D eigenvalue weighted by Crippen LogP contribution is 2.25. The van der Waals surface area contributed by atoms with Crippen molar-refractivity contribution in [1.29, 1.82) is 0 Å². The minimum absolute atomic E-state index is 0.219. The Bertz CT molecular complexity index is 674. The van der Waals surface area contributed by atoms with Crippen molar-refractivity contribution in [2.24, 2.45) is 0 Å². The van der Waals surface area contributed by atoms with Gasteiger partial charge in [0.25, 0.3) is 5.89 Å². The number of fused-ring (bicyclic) bond motifs is 1. The molecule has 2 heterocycles. The monoisotopic (exact) mass is 259 g/mol. The van der Waals surface area contributed by atoms with E-state index >= 15 is 0 Å². The lowest BCUT2D eigenvalue weighted by atomic mass is 10.2. The number of ether oxygens (including phenoxy) is 1. The summed E-state index contributed by atoms with van der Waals surface area (Å²) in [5.41, 5.74) is 0.621. The van der Waals surface area contributed by atoms with Crippen molar-refractivity contribution < 1.29 is 13.8 Å². The molecular formula is C13H13N3O3. The van der Waals surface area contributed by atoms with E-state index in [0.717, 1.165) is 18.2 Å². The maximum absolute atomic E-state index is 5.63. The summed E-state index contributed by atoms with van der Waals surface area (Å²) < 4.78 is 15.9. The van der Waals surface area contributed by atoms with Gasteiger partial charge in [-0.05, 0) is 18.6 Å². The van der Waals surface area contributed by atoms with Gasteiger partial charge in [0, 0.05) is 11.8 Å². The SMILES string of the molecule is CCCc1noc(COc2cccc3cnoc23)n1. The van der Waals surface area contributed by atoms with Crippen molar-refractivity contribution in [2.75, 3.05) is 0 Å². The third kappa shape index (κ3) is 2.42. The topological polar surface area (TPSA) is 74.2 Å². The fraction of sp³-hybridized carbons (Fsp3) is 0.308. The first kappa shape index (κ1) is 11.7. The van der Waals surface area contributed by atoms with Crippen LogP contribution in [0.2, 0.25) is 0 Å². The van der Waals surface area contributed by atoms with Crippen LogP contribution >= 0.6 is 0 Å². The van der Waals surface area contributed by atoms with Crippen LogP contribution in [-0.4, -0.2) is 15.3 Å². The van der Waals surface area contributed by atoms with Gasteiger partial charge in [-0.1, -0.05) is 23.3 Å². The number of aromatic nitrogens is 3. The van der Waals surface area contributed by atoms with Crippen LogP contribution in [-0.2, 0) is 13.0 Å². The minimum Gasteiger partial charge on any atom is -0.480 e. The average molecular weight is 259 g/mol. The zero-order valence-electron chi connectivity index (χ0n) is 10.5. The van der Waals surface area contributed by atoms with E-state index in [0.29, 0.717) is 23.0 Å². The van der Waals surface area contributed by atoms with Gasteiger partial charge in [-0.3, -0.25) is 0 Å². The van der Waals surface area contributed by atoms with E-state index in [2.05, 4.69) is 22.2 Å². The van der Waals surface area contributed by atoms with Crippen molar-refractivity contribution in [2.45, 2.75) is 26.4 Å². The van der Waals surface area contributed by atoms with Crippen molar-refractivity contribution in [3.8, 4) is 5.75 Å². The molecule has 0 spiro atoms. The highest BCUT2D eigenvalue weighted by atomic mass is 16.5. The third-order valence-electron chi connectivity index (χ3n) is 2.68. The van der Waals surface area contributed by atoms with E-state index < -0.39 is 0 Å². The molecule has 0 bridgehead atoms. The number of hydrogen-bond donors (Lipinski definition) is 0. The first-order chi connectivity index (χ1) is 9.36. The summed E-state index contributed by atoms with van der Waals surface area (Å²) in [6.45, 7) is 2.29. The number of nitrogens with zero attached hydrogens (tertiary/aromatic N) is 3. The number of rotatable bonds is 5. The summed E-state index contributed by atoms with van der Waals surface area (Å²) in [7, 11) is 0. The number of para-hydroxylation sites is 1. The Morgan fingerprint density at radius 3 is 3.11 bits per heavy atom. The van der Waals surface area contributed by atoms with Gasteiger partial charge in [0.1, 0.15) is 0 Å². The highest BCUT2D eigenvalue weighted by Gasteiger charge is 2.10. The Labute approximate surface area is 109 Å². The molecule has 0 aliphatic carbocycles. The first-order valence-corrected chi connectivity index (χ1v) is 6.14. The van der Waals surface area contributed by atoms with Crippen molar-refractivity contribution in [3.63, 3.8) is 0 Å². The van der Waals surface area contributed by atoms with E-state index in [1.165, 1.54) is 0 Å². The predicted octanol–water partition coefficient (Wildman–Crippen LogP) is 2.74. The Kier molecular flexibility index (Phi) is 3.14. The molecule has 2 aromatic heterocycles. The van der Waals surface area contributed by atoms with Crippen LogP contribution < -0.4 is 4.74 Å². The van der Waals surface area contributed by atoms with Gasteiger partial charge in [0.15, 0.2) is 18.2 Å². The molecule has 1 aromatic carbocycles. The van der Waals surface area contributed by atoms with Gasteiger partial charge in [0.05, 0.1) is 6.20 Å². The summed E-state index contributed by atoms with van der Waals surface area (Å²) in [6, 6.07) is 5.60. The molecule has 6 heteroatoms. The van der Waals surface area contributed by atoms with Crippen LogP contribution in [0.25, 0.3) is 11.0 Å². The summed E-state index contributed by atoms with van der Waals surface area (Å²) >= 11 is 0. The molecule has 3 rings (SSSR count). The smallest absolute Gasteiger partial charge is 0.264 e. The lowest BCUT2D eigenvalue weighted by Crippen LogP contribution is -1.96. The number of hydrogen-bond acceptors (Lipinski definition) is 6. The molecule has 19 heavy (non-hydrogen) atoms. The summed E-state index contributed by atoms with van der Waals surface area (Å²) in [6.07, 6.45) is 3.44. The van der Waals surface area contributed by atoms with Crippen LogP contribution in [0, 0.1) is 0 Å². The molecule has 0 aliphatic rings. The standard InChI is InChI=1S/C13H13N3O3/c1-2-4-11-15-12(18-16-11)8-17-10-6-3-5-9-7-14-19-13(9)10/h3,5-7H,2,4,8H2,1H3. The molecule has 98 valence electrons. The zero-order valence-corrected chi connectivity index (χ0v) is 10.5. The Balaban J connectivity index is 1.73. The molecule has 3 aromatic rings. The largest absolute Gasteiger partial charge is 0.480 e. The van der Waals surface area contributed by atoms with E-state index in [-0.39, 0.29) is 6.61 Å². The second-order valence-electron chi connectivity index (χ2n) is 4.14. The third-order valence-corrected chi connectivity index (χ3v) is 2.68. The maximum atomic E-state index is 5.63. The second kappa shape index (κ2) is 5.09. The van der Waals surface area contributed by atoms with Crippen LogP contribution in [0.3, 0.4) is 0 Å². The summed E-state index contributed by atoms with van der Waals surface area (Å²) in [5.74, 6) is 1.78. The van der Waals surface area contributed by atoms with Crippen LogP contribution in [0.5, 0.6) is 5.75 Å². The van der Waals surface area contributed by atoms with Crippen LogP contribution in [0.4, 0.5) is 0 Å². The van der Waals surface area contributed by atoms with Crippen molar-refractivity contribution in [3.05, 3.63) is 36.1 Å². The van der Waals surface area contributed by atoms with E-state index in [4.69, 9.17) is 13.8 Å². The van der Waals surface area contributed by atoms with Gasteiger partial charge in [-0.25, -0.2) is 0 Å². The van der Waals surface area contributed by atoms with Gasteiger partial charge in [0.2, 0.25) is 5.58 Å². The molecule has 0 fully saturated rings. The molecule has 0 radical (unpaired) electrons. The van der Waals surface area contributed by atoms with Crippen molar-refractivity contribution in [1.82, 2.24) is 15.3 Å². The zero-order chi connectivity index (χ0) is 13.1. The average Bonchev–Trinajstić information content (AvgIpc) is 3.05. The molecule has 0 amide bonds. The molecule has 6 nitrogen and oxygen atoms in total. The summed E-state index contributed by atoms with van der Waals surface area (Å²) in [4.78, 5) is 4.23. The van der Waals surface area contributed by atoms with E-state index in [9.17, 15) is 0 Å². The van der Waals surface area contributed by atoms with Gasteiger partial charge < -0.3 is 13.8 Å². The van der Waals surface area contributed by atoms with Gasteiger partial charge in [-0.2, -0.15) is 4.98 Å². The van der Waals surface area contributed by atoms with Crippen molar-refractivity contribution >= 4 is 11.0 Å². The number of aryl methyl sites for hydroxylation is 1. The lowest BCUT2D eigenvalue weighted by molar-refractivity contribution is 0.241. The maximum Gasteiger partial charge on any atom is 0.264 e. The highest BCUT2D eigenvalue weighted by molar-refractivity contribution is 5.81. The van der Waals surface area contributed by atoms with Crippen LogP contribution in [0.15, 0.2) is 33.4 Å². The van der Waals surface area contributed by atoms with E-state index in [1.807, 2.05) is 18.2 Å². The Morgan fingerprint density at radius 1 is 1.26 bits per heavy atom. The summed E-state index contributed by atoms with van der Waals surface area (Å²) in [5, 5.41) is 8.51. The fourth-order valence-corrected chi connectivity index (χ4v) is 1.80. The minimum atomic E-state index is 0.219.